The van der Waals surface area contributed by atoms with E-state index in [0.29, 0.717) is 5.75 Å². The monoisotopic (exact) mass is 437 g/mol. The summed E-state index contributed by atoms with van der Waals surface area (Å²) >= 11 is 0. The average molecular weight is 437 g/mol. The summed E-state index contributed by atoms with van der Waals surface area (Å²) in [6.45, 7) is 0.206. The van der Waals surface area contributed by atoms with Crippen molar-refractivity contribution in [1.82, 2.24) is 10.0 Å². The summed E-state index contributed by atoms with van der Waals surface area (Å²) in [5.74, 6) is -0.477. The van der Waals surface area contributed by atoms with Gasteiger partial charge in [0.1, 0.15) is 29.5 Å². The second kappa shape index (κ2) is 7.99. The van der Waals surface area contributed by atoms with Crippen molar-refractivity contribution < 1.29 is 32.3 Å². The molecule has 2 aromatic rings. The number of aromatic amines is 1. The lowest BCUT2D eigenvalue weighted by Gasteiger charge is -2.23. The Morgan fingerprint density at radius 3 is 2.65 bits per heavy atom. The molecule has 1 aromatic heterocycles. The van der Waals surface area contributed by atoms with E-state index in [2.05, 4.69) is 0 Å². The van der Waals surface area contributed by atoms with Gasteiger partial charge in [-0.1, -0.05) is 11.1 Å². The maximum absolute atomic E-state index is 13.6. The number of ether oxygens (including phenoxy) is 2. The van der Waals surface area contributed by atoms with Gasteiger partial charge in [-0.2, -0.15) is 13.2 Å². The van der Waals surface area contributed by atoms with Crippen molar-refractivity contribution in [2.24, 2.45) is 5.73 Å². The zero-order valence-electron chi connectivity index (χ0n) is 16.1. The van der Waals surface area contributed by atoms with Crippen molar-refractivity contribution in [2.75, 3.05) is 13.5 Å². The van der Waals surface area contributed by atoms with Gasteiger partial charge in [0, 0.05) is 5.56 Å². The molecule has 31 heavy (non-hydrogen) atoms. The number of amides is 1. The molecule has 0 radical (unpaired) electrons. The number of primary amides is 1. The van der Waals surface area contributed by atoms with Gasteiger partial charge in [0.2, 0.25) is 0 Å². The number of nitrogens with zero attached hydrogens (tertiary/aromatic N) is 1. The average Bonchev–Trinajstić information content (AvgIpc) is 3.57. The fourth-order valence-electron chi connectivity index (χ4n) is 3.24. The van der Waals surface area contributed by atoms with Crippen LogP contribution in [0.2, 0.25) is 0 Å². The molecule has 0 bridgehead atoms. The van der Waals surface area contributed by atoms with Gasteiger partial charge in [0.25, 0.3) is 11.5 Å². The Morgan fingerprint density at radius 2 is 2.03 bits per heavy atom. The Bertz CT molecular complexity index is 1090. The first-order valence-electron chi connectivity index (χ1n) is 9.34. The van der Waals surface area contributed by atoms with Crippen LogP contribution < -0.4 is 16.0 Å². The molecule has 0 atom stereocenters. The zero-order valence-corrected chi connectivity index (χ0v) is 16.1. The molecule has 2 aliphatic rings. The van der Waals surface area contributed by atoms with E-state index < -0.39 is 28.9 Å². The molecule has 0 unspecified atom stereocenters. The van der Waals surface area contributed by atoms with Crippen molar-refractivity contribution in [1.29, 1.82) is 0 Å². The topological polar surface area (TPSA) is 107 Å². The van der Waals surface area contributed by atoms with Gasteiger partial charge in [-0.05, 0) is 48.1 Å². The molecule has 0 saturated heterocycles. The molecule has 8 nitrogen and oxygen atoms in total. The summed E-state index contributed by atoms with van der Waals surface area (Å²) in [7, 11) is 0. The first kappa shape index (κ1) is 20.8. The van der Waals surface area contributed by atoms with Crippen LogP contribution in [0.4, 0.5) is 13.2 Å². The quantitative estimate of drug-likeness (QED) is 0.720. The summed E-state index contributed by atoms with van der Waals surface area (Å²) in [4.78, 5) is 30.4. The smallest absolute Gasteiger partial charge is 0.431 e. The predicted octanol–water partition coefficient (Wildman–Crippen LogP) is 3.07. The number of nitrogens with two attached hydrogens (primary N) is 1. The van der Waals surface area contributed by atoms with Crippen LogP contribution in [0.1, 0.15) is 40.4 Å². The molecule has 1 fully saturated rings. The highest BCUT2D eigenvalue weighted by Crippen LogP contribution is 2.46. The van der Waals surface area contributed by atoms with Crippen LogP contribution in [0.15, 0.2) is 41.6 Å². The van der Waals surface area contributed by atoms with Crippen molar-refractivity contribution in [3.8, 4) is 16.9 Å². The number of carbonyl (C=O) groups excluding carboxylic acids is 1. The van der Waals surface area contributed by atoms with Crippen molar-refractivity contribution in [2.45, 2.75) is 24.9 Å². The summed E-state index contributed by atoms with van der Waals surface area (Å²) in [6, 6.07) is 5.44. The van der Waals surface area contributed by atoms with E-state index >= 15 is 0 Å². The molecule has 1 aliphatic heterocycles. The number of halogens is 3. The fourth-order valence-corrected chi connectivity index (χ4v) is 3.24. The number of aromatic nitrogens is 1. The van der Waals surface area contributed by atoms with E-state index in [9.17, 15) is 22.8 Å². The van der Waals surface area contributed by atoms with E-state index in [-0.39, 0.29) is 30.5 Å². The van der Waals surface area contributed by atoms with Crippen molar-refractivity contribution in [3.05, 3.63) is 64.0 Å². The number of nitrogens with one attached hydrogen (secondary N) is 1. The number of hydroxylamine groups is 2. The molecule has 2 heterocycles. The third kappa shape index (κ3) is 4.50. The minimum absolute atomic E-state index is 0.0433. The van der Waals surface area contributed by atoms with Crippen LogP contribution >= 0.6 is 0 Å². The standard InChI is InChI=1S/C20H18F3N3O5/c21-20(22,23)17-14(8-15(18(24)27)19(28)25-17)12-3-4-16(13(7-12)11-1-2-11)30-10-26-9-29-5-6-31-26/h3-8,11H,1-2,9-10H2,(H2,24,27)(H,25,28). The number of H-pyrrole nitrogens is 1. The minimum Gasteiger partial charge on any atom is -0.479 e. The van der Waals surface area contributed by atoms with Crippen molar-refractivity contribution in [3.63, 3.8) is 0 Å². The van der Waals surface area contributed by atoms with Crippen LogP contribution in [0, 0.1) is 0 Å². The third-order valence-electron chi connectivity index (χ3n) is 4.87. The molecule has 4 rings (SSSR count). The molecular formula is C20H18F3N3O5. The normalized spacial score (nSPS) is 16.5. The lowest BCUT2D eigenvalue weighted by atomic mass is 9.97. The van der Waals surface area contributed by atoms with Crippen LogP contribution in [-0.4, -0.2) is 29.4 Å². The number of carbonyl (C=O) groups is 1. The second-order valence-electron chi connectivity index (χ2n) is 7.12. The molecule has 3 N–H and O–H groups in total. The molecule has 1 amide bonds. The SMILES string of the molecule is NC(=O)c1cc(-c2ccc(OCN3COC=CO3)c(C3CC3)c2)c(C(F)(F)F)[nH]c1=O. The van der Waals surface area contributed by atoms with E-state index in [1.807, 2.05) is 0 Å². The van der Waals surface area contributed by atoms with E-state index in [1.165, 1.54) is 23.7 Å². The highest BCUT2D eigenvalue weighted by atomic mass is 19.4. The Balaban J connectivity index is 1.72. The number of pyridine rings is 1. The van der Waals surface area contributed by atoms with Gasteiger partial charge in [-0.15, -0.1) is 0 Å². The highest BCUT2D eigenvalue weighted by molar-refractivity contribution is 5.94. The van der Waals surface area contributed by atoms with Crippen LogP contribution in [0.3, 0.4) is 0 Å². The van der Waals surface area contributed by atoms with Gasteiger partial charge < -0.3 is 25.0 Å². The summed E-state index contributed by atoms with van der Waals surface area (Å²) in [5, 5.41) is 1.41. The van der Waals surface area contributed by atoms with Crippen LogP contribution in [-0.2, 0) is 15.8 Å². The number of hydrogen-bond acceptors (Lipinski definition) is 6. The van der Waals surface area contributed by atoms with Crippen LogP contribution in [0.25, 0.3) is 11.1 Å². The fraction of sp³-hybridized carbons (Fsp3) is 0.300. The first-order chi connectivity index (χ1) is 14.7. The molecule has 1 saturated carbocycles. The lowest BCUT2D eigenvalue weighted by molar-refractivity contribution is -0.203. The molecule has 1 aromatic carbocycles. The summed E-state index contributed by atoms with van der Waals surface area (Å²) in [6.07, 6.45) is -0.350. The van der Waals surface area contributed by atoms with Gasteiger partial charge >= 0.3 is 6.18 Å². The van der Waals surface area contributed by atoms with E-state index in [1.54, 1.807) is 17.1 Å². The van der Waals surface area contributed by atoms with Gasteiger partial charge in [-0.3, -0.25) is 9.59 Å². The molecule has 0 spiro atoms. The van der Waals surface area contributed by atoms with Gasteiger partial charge in [-0.25, -0.2) is 0 Å². The van der Waals surface area contributed by atoms with Crippen molar-refractivity contribution >= 4 is 5.91 Å². The Labute approximate surface area is 174 Å². The predicted molar refractivity (Wildman–Crippen MR) is 102 cm³/mol. The number of alkyl halides is 3. The first-order valence-corrected chi connectivity index (χ1v) is 9.34. The minimum atomic E-state index is -4.83. The summed E-state index contributed by atoms with van der Waals surface area (Å²) in [5.41, 5.74) is 2.73. The Hall–Kier alpha value is -3.47. The largest absolute Gasteiger partial charge is 0.479 e. The number of hydrogen-bond donors (Lipinski definition) is 2. The number of benzene rings is 1. The Kier molecular flexibility index (Phi) is 5.36. The summed E-state index contributed by atoms with van der Waals surface area (Å²) < 4.78 is 51.6. The van der Waals surface area contributed by atoms with E-state index in [0.717, 1.165) is 24.5 Å². The van der Waals surface area contributed by atoms with Gasteiger partial charge in [0.05, 0.1) is 0 Å². The molecule has 11 heteroatoms. The maximum Gasteiger partial charge on any atom is 0.431 e. The van der Waals surface area contributed by atoms with E-state index in [4.69, 9.17) is 20.0 Å². The molecular weight excluding hydrogens is 419 g/mol. The molecule has 164 valence electrons. The Morgan fingerprint density at radius 1 is 1.26 bits per heavy atom. The lowest BCUT2D eigenvalue weighted by Crippen LogP contribution is -2.30. The zero-order chi connectivity index (χ0) is 22.2. The third-order valence-corrected chi connectivity index (χ3v) is 4.87. The van der Waals surface area contributed by atoms with Crippen LogP contribution in [0.5, 0.6) is 5.75 Å². The molecule has 1 aliphatic carbocycles. The highest BCUT2D eigenvalue weighted by Gasteiger charge is 2.36. The maximum atomic E-state index is 13.6. The van der Waals surface area contributed by atoms with Gasteiger partial charge in [0.15, 0.2) is 13.5 Å². The second-order valence-corrected chi connectivity index (χ2v) is 7.12. The number of rotatable bonds is 6.